The molecule has 0 heterocycles. The number of amides is 1. The first kappa shape index (κ1) is 22.3. The van der Waals surface area contributed by atoms with Crippen LogP contribution < -0.4 is 5.32 Å². The molecule has 0 aliphatic carbocycles. The number of carbonyl (C=O) groups is 1. The van der Waals surface area contributed by atoms with Gasteiger partial charge in [0.05, 0.1) is 21.2 Å². The Bertz CT molecular complexity index is 1170. The average molecular weight is 439 g/mol. The Labute approximate surface area is 185 Å². The van der Waals surface area contributed by atoms with E-state index in [1.54, 1.807) is 6.92 Å². The SMILES string of the molecule is Cc1c(-c2ccccc2)cc(C(C)(C)C)c(O)c1C(=O)Nc1ccc([N+](=O)[O-])cc1Cl. The summed E-state index contributed by atoms with van der Waals surface area (Å²) in [6.45, 7) is 7.66. The zero-order valence-electron chi connectivity index (χ0n) is 17.7. The molecule has 0 atom stereocenters. The van der Waals surface area contributed by atoms with E-state index >= 15 is 0 Å². The van der Waals surface area contributed by atoms with Crippen LogP contribution in [0.25, 0.3) is 11.1 Å². The largest absolute Gasteiger partial charge is 0.507 e. The zero-order chi connectivity index (χ0) is 22.9. The number of aromatic hydroxyl groups is 1. The molecule has 0 radical (unpaired) electrons. The third-order valence-corrected chi connectivity index (χ3v) is 5.40. The van der Waals surface area contributed by atoms with E-state index in [9.17, 15) is 20.0 Å². The molecule has 0 unspecified atom stereocenters. The van der Waals surface area contributed by atoms with Crippen LogP contribution in [0.5, 0.6) is 5.75 Å². The summed E-state index contributed by atoms with van der Waals surface area (Å²) < 4.78 is 0. The molecule has 3 aromatic rings. The Morgan fingerprint density at radius 2 is 1.74 bits per heavy atom. The minimum atomic E-state index is -0.563. The summed E-state index contributed by atoms with van der Waals surface area (Å²) in [4.78, 5) is 23.6. The number of nitro groups is 1. The first-order valence-corrected chi connectivity index (χ1v) is 10.1. The van der Waals surface area contributed by atoms with Crippen LogP contribution in [0.3, 0.4) is 0 Å². The number of phenolic OH excluding ortho intramolecular Hbond substituents is 1. The standard InChI is InChI=1S/C24H23ClN2O4/c1-14-17(15-8-6-5-7-9-15)13-18(24(2,3)4)22(28)21(14)23(29)26-20-11-10-16(27(30)31)12-19(20)25/h5-13,28H,1-4H3,(H,26,29). The molecule has 6 nitrogen and oxygen atoms in total. The van der Waals surface area contributed by atoms with Gasteiger partial charge in [-0.25, -0.2) is 0 Å². The Morgan fingerprint density at radius 1 is 1.10 bits per heavy atom. The molecule has 31 heavy (non-hydrogen) atoms. The lowest BCUT2D eigenvalue weighted by molar-refractivity contribution is -0.384. The van der Waals surface area contributed by atoms with Gasteiger partial charge in [0.2, 0.25) is 0 Å². The van der Waals surface area contributed by atoms with E-state index in [4.69, 9.17) is 11.6 Å². The van der Waals surface area contributed by atoms with Gasteiger partial charge in [-0.1, -0.05) is 62.7 Å². The molecular formula is C24H23ClN2O4. The molecule has 0 bridgehead atoms. The second-order valence-electron chi connectivity index (χ2n) is 8.31. The van der Waals surface area contributed by atoms with E-state index in [-0.39, 0.29) is 27.7 Å². The Hall–Kier alpha value is -3.38. The van der Waals surface area contributed by atoms with Gasteiger partial charge < -0.3 is 10.4 Å². The minimum Gasteiger partial charge on any atom is -0.507 e. The topological polar surface area (TPSA) is 92.5 Å². The average Bonchev–Trinajstić information content (AvgIpc) is 2.69. The number of carbonyl (C=O) groups excluding carboxylic acids is 1. The number of benzene rings is 3. The number of hydrogen-bond acceptors (Lipinski definition) is 4. The van der Waals surface area contributed by atoms with E-state index in [0.717, 1.165) is 11.1 Å². The molecular weight excluding hydrogens is 416 g/mol. The summed E-state index contributed by atoms with van der Waals surface area (Å²) >= 11 is 6.13. The number of non-ortho nitro benzene ring substituents is 1. The fourth-order valence-corrected chi connectivity index (χ4v) is 3.66. The Balaban J connectivity index is 2.13. The number of hydrogen-bond donors (Lipinski definition) is 2. The molecule has 0 spiro atoms. The van der Waals surface area contributed by atoms with Crippen molar-refractivity contribution in [2.45, 2.75) is 33.1 Å². The van der Waals surface area contributed by atoms with Crippen molar-refractivity contribution in [1.29, 1.82) is 0 Å². The summed E-state index contributed by atoms with van der Waals surface area (Å²) in [5, 5.41) is 24.7. The summed E-state index contributed by atoms with van der Waals surface area (Å²) in [7, 11) is 0. The highest BCUT2D eigenvalue weighted by atomic mass is 35.5. The Morgan fingerprint density at radius 3 is 2.29 bits per heavy atom. The van der Waals surface area contributed by atoms with Gasteiger partial charge >= 0.3 is 0 Å². The van der Waals surface area contributed by atoms with E-state index in [0.29, 0.717) is 11.1 Å². The van der Waals surface area contributed by atoms with Gasteiger partial charge in [0.1, 0.15) is 5.75 Å². The lowest BCUT2D eigenvalue weighted by Crippen LogP contribution is -2.19. The van der Waals surface area contributed by atoms with Gasteiger partial charge in [0, 0.05) is 17.7 Å². The maximum Gasteiger partial charge on any atom is 0.271 e. The van der Waals surface area contributed by atoms with Gasteiger partial charge in [0.25, 0.3) is 11.6 Å². The van der Waals surface area contributed by atoms with Crippen molar-refractivity contribution < 1.29 is 14.8 Å². The van der Waals surface area contributed by atoms with Gasteiger partial charge in [-0.15, -0.1) is 0 Å². The predicted octanol–water partition coefficient (Wildman–Crippen LogP) is 6.48. The van der Waals surface area contributed by atoms with Gasteiger partial charge in [0.15, 0.2) is 0 Å². The molecule has 2 N–H and O–H groups in total. The van der Waals surface area contributed by atoms with Gasteiger partial charge in [-0.2, -0.15) is 0 Å². The number of anilines is 1. The quantitative estimate of drug-likeness (QED) is 0.360. The maximum absolute atomic E-state index is 13.2. The van der Waals surface area contributed by atoms with Crippen LogP contribution in [0.1, 0.15) is 42.3 Å². The summed E-state index contributed by atoms with van der Waals surface area (Å²) in [6, 6.07) is 15.3. The zero-order valence-corrected chi connectivity index (χ0v) is 18.4. The molecule has 0 fully saturated rings. The third kappa shape index (κ3) is 4.54. The number of nitrogens with one attached hydrogen (secondary N) is 1. The van der Waals surface area contributed by atoms with Crippen molar-refractivity contribution in [2.75, 3.05) is 5.32 Å². The normalized spacial score (nSPS) is 11.3. The highest BCUT2D eigenvalue weighted by molar-refractivity contribution is 6.34. The second kappa shape index (κ2) is 8.40. The number of phenols is 1. The predicted molar refractivity (Wildman–Crippen MR) is 123 cm³/mol. The molecule has 0 aliphatic heterocycles. The summed E-state index contributed by atoms with van der Waals surface area (Å²) in [5.74, 6) is -0.644. The number of nitrogens with zero attached hydrogens (tertiary/aromatic N) is 1. The molecule has 0 aromatic heterocycles. The first-order chi connectivity index (χ1) is 14.5. The van der Waals surface area contributed by atoms with Crippen molar-refractivity contribution in [3.8, 4) is 16.9 Å². The Kier molecular flexibility index (Phi) is 6.04. The fourth-order valence-electron chi connectivity index (χ4n) is 3.44. The summed E-state index contributed by atoms with van der Waals surface area (Å²) in [5.41, 5.74) is 2.78. The molecule has 0 saturated carbocycles. The van der Waals surface area contributed by atoms with E-state index in [1.807, 2.05) is 57.2 Å². The van der Waals surface area contributed by atoms with Crippen LogP contribution in [0.2, 0.25) is 5.02 Å². The van der Waals surface area contributed by atoms with Crippen LogP contribution >= 0.6 is 11.6 Å². The fraction of sp³-hybridized carbons (Fsp3) is 0.208. The monoisotopic (exact) mass is 438 g/mol. The van der Waals surface area contributed by atoms with E-state index < -0.39 is 16.2 Å². The molecule has 7 heteroatoms. The van der Waals surface area contributed by atoms with Gasteiger partial charge in [-0.05, 0) is 41.2 Å². The first-order valence-electron chi connectivity index (χ1n) is 9.68. The molecule has 160 valence electrons. The summed E-state index contributed by atoms with van der Waals surface area (Å²) in [6.07, 6.45) is 0. The number of nitro benzene ring substituents is 1. The van der Waals surface area contributed by atoms with E-state index in [2.05, 4.69) is 5.32 Å². The van der Waals surface area contributed by atoms with Crippen molar-refractivity contribution in [1.82, 2.24) is 0 Å². The van der Waals surface area contributed by atoms with Crippen LogP contribution in [0, 0.1) is 17.0 Å². The highest BCUT2D eigenvalue weighted by Gasteiger charge is 2.27. The molecule has 3 rings (SSSR count). The van der Waals surface area contributed by atoms with Crippen LogP contribution in [-0.2, 0) is 5.41 Å². The number of rotatable bonds is 4. The van der Waals surface area contributed by atoms with Crippen LogP contribution in [0.4, 0.5) is 11.4 Å². The highest BCUT2D eigenvalue weighted by Crippen LogP contribution is 2.40. The minimum absolute atomic E-state index is 0.0370. The van der Waals surface area contributed by atoms with Crippen molar-refractivity contribution in [2.24, 2.45) is 0 Å². The molecule has 0 aliphatic rings. The molecule has 3 aromatic carbocycles. The smallest absolute Gasteiger partial charge is 0.271 e. The van der Waals surface area contributed by atoms with Gasteiger partial charge in [-0.3, -0.25) is 14.9 Å². The molecule has 0 saturated heterocycles. The maximum atomic E-state index is 13.2. The third-order valence-electron chi connectivity index (χ3n) is 5.09. The van der Waals surface area contributed by atoms with E-state index in [1.165, 1.54) is 18.2 Å². The second-order valence-corrected chi connectivity index (χ2v) is 8.72. The lowest BCUT2D eigenvalue weighted by Gasteiger charge is -2.25. The van der Waals surface area contributed by atoms with Crippen molar-refractivity contribution >= 4 is 28.9 Å². The van der Waals surface area contributed by atoms with Crippen LogP contribution in [0.15, 0.2) is 54.6 Å². The lowest BCUT2D eigenvalue weighted by atomic mass is 9.81. The number of halogens is 1. The van der Waals surface area contributed by atoms with Crippen molar-refractivity contribution in [3.63, 3.8) is 0 Å². The van der Waals surface area contributed by atoms with Crippen LogP contribution in [-0.4, -0.2) is 15.9 Å². The molecule has 1 amide bonds. The van der Waals surface area contributed by atoms with Crippen molar-refractivity contribution in [3.05, 3.63) is 86.4 Å².